The third-order valence-corrected chi connectivity index (χ3v) is 5.17. The minimum absolute atomic E-state index is 0.738. The summed E-state index contributed by atoms with van der Waals surface area (Å²) in [5, 5.41) is 14.8. The summed E-state index contributed by atoms with van der Waals surface area (Å²) >= 11 is 10.0. The SMILES string of the molecule is Clc1ccc(I)c(-c2nnc(CCNC3CC3)s2)c1. The number of benzene rings is 1. The third kappa shape index (κ3) is 3.65. The Balaban J connectivity index is 1.70. The minimum atomic E-state index is 0.738. The van der Waals surface area contributed by atoms with Gasteiger partial charge in [0.15, 0.2) is 0 Å². The van der Waals surface area contributed by atoms with Crippen molar-refractivity contribution < 1.29 is 0 Å². The fraction of sp³-hybridized carbons (Fsp3) is 0.385. The van der Waals surface area contributed by atoms with Crippen molar-refractivity contribution >= 4 is 45.5 Å². The quantitative estimate of drug-likeness (QED) is 0.770. The van der Waals surface area contributed by atoms with Crippen molar-refractivity contribution in [1.82, 2.24) is 15.5 Å². The zero-order chi connectivity index (χ0) is 13.2. The molecule has 1 aromatic heterocycles. The van der Waals surface area contributed by atoms with E-state index in [-0.39, 0.29) is 0 Å². The summed E-state index contributed by atoms with van der Waals surface area (Å²) in [6, 6.07) is 6.61. The van der Waals surface area contributed by atoms with Gasteiger partial charge in [-0.05, 0) is 53.6 Å². The summed E-state index contributed by atoms with van der Waals surface area (Å²) < 4.78 is 1.15. The van der Waals surface area contributed by atoms with Gasteiger partial charge in [0.05, 0.1) is 0 Å². The number of rotatable bonds is 5. The molecule has 3 rings (SSSR count). The van der Waals surface area contributed by atoms with E-state index in [4.69, 9.17) is 11.6 Å². The number of halogens is 2. The van der Waals surface area contributed by atoms with Crippen LogP contribution in [-0.4, -0.2) is 22.8 Å². The van der Waals surface area contributed by atoms with Gasteiger partial charge in [-0.15, -0.1) is 10.2 Å². The van der Waals surface area contributed by atoms with E-state index in [0.29, 0.717) is 0 Å². The van der Waals surface area contributed by atoms with Gasteiger partial charge in [-0.2, -0.15) is 0 Å². The van der Waals surface area contributed by atoms with E-state index >= 15 is 0 Å². The number of nitrogens with zero attached hydrogens (tertiary/aromatic N) is 2. The molecule has 19 heavy (non-hydrogen) atoms. The molecule has 0 spiro atoms. The van der Waals surface area contributed by atoms with Crippen molar-refractivity contribution in [2.24, 2.45) is 0 Å². The molecule has 1 saturated carbocycles. The Morgan fingerprint density at radius 2 is 2.21 bits per heavy atom. The predicted molar refractivity (Wildman–Crippen MR) is 87.8 cm³/mol. The number of hydrogen-bond donors (Lipinski definition) is 1. The third-order valence-electron chi connectivity index (χ3n) is 2.97. The maximum absolute atomic E-state index is 6.04. The highest BCUT2D eigenvalue weighted by molar-refractivity contribution is 14.1. The average molecular weight is 406 g/mol. The van der Waals surface area contributed by atoms with Crippen LogP contribution in [-0.2, 0) is 6.42 Å². The maximum Gasteiger partial charge on any atom is 0.148 e. The van der Waals surface area contributed by atoms with E-state index in [1.165, 1.54) is 12.8 Å². The smallest absolute Gasteiger partial charge is 0.148 e. The fourth-order valence-electron chi connectivity index (χ4n) is 1.80. The monoisotopic (exact) mass is 405 g/mol. The van der Waals surface area contributed by atoms with Crippen molar-refractivity contribution in [3.8, 4) is 10.6 Å². The molecule has 2 aromatic rings. The van der Waals surface area contributed by atoms with Crippen molar-refractivity contribution in [3.05, 3.63) is 31.8 Å². The molecule has 1 aromatic carbocycles. The molecule has 1 aliphatic rings. The van der Waals surface area contributed by atoms with Crippen molar-refractivity contribution in [2.75, 3.05) is 6.54 Å². The normalized spacial score (nSPS) is 14.8. The molecule has 3 nitrogen and oxygen atoms in total. The highest BCUT2D eigenvalue weighted by atomic mass is 127. The summed E-state index contributed by atoms with van der Waals surface area (Å²) in [4.78, 5) is 0. The van der Waals surface area contributed by atoms with Crippen LogP contribution in [0.5, 0.6) is 0 Å². The molecule has 6 heteroatoms. The van der Waals surface area contributed by atoms with Gasteiger partial charge in [-0.3, -0.25) is 0 Å². The molecule has 1 heterocycles. The van der Waals surface area contributed by atoms with Gasteiger partial charge in [0.25, 0.3) is 0 Å². The van der Waals surface area contributed by atoms with Gasteiger partial charge in [0, 0.05) is 33.2 Å². The first kappa shape index (κ1) is 13.7. The summed E-state index contributed by atoms with van der Waals surface area (Å²) in [5.41, 5.74) is 1.08. The first-order chi connectivity index (χ1) is 9.22. The molecule has 100 valence electrons. The minimum Gasteiger partial charge on any atom is -0.314 e. The summed E-state index contributed by atoms with van der Waals surface area (Å²) in [6.45, 7) is 0.992. The Morgan fingerprint density at radius 3 is 3.00 bits per heavy atom. The fourth-order valence-corrected chi connectivity index (χ4v) is 3.61. The lowest BCUT2D eigenvalue weighted by atomic mass is 10.2. The predicted octanol–water partition coefficient (Wildman–Crippen LogP) is 3.76. The number of nitrogens with one attached hydrogen (secondary N) is 1. The van der Waals surface area contributed by atoms with Gasteiger partial charge >= 0.3 is 0 Å². The van der Waals surface area contributed by atoms with Crippen LogP contribution >= 0.6 is 45.5 Å². The van der Waals surface area contributed by atoms with E-state index in [1.807, 2.05) is 18.2 Å². The molecule has 0 atom stereocenters. The van der Waals surface area contributed by atoms with Crippen molar-refractivity contribution in [1.29, 1.82) is 0 Å². The summed E-state index contributed by atoms with van der Waals surface area (Å²) in [5.74, 6) is 0. The van der Waals surface area contributed by atoms with Crippen LogP contribution in [0, 0.1) is 3.57 Å². The van der Waals surface area contributed by atoms with Crippen molar-refractivity contribution in [2.45, 2.75) is 25.3 Å². The van der Waals surface area contributed by atoms with Crippen LogP contribution in [0.25, 0.3) is 10.6 Å². The molecular formula is C13H13ClIN3S. The molecule has 0 unspecified atom stereocenters. The lowest BCUT2D eigenvalue weighted by Gasteiger charge is -2.00. The van der Waals surface area contributed by atoms with Gasteiger partial charge in [-0.1, -0.05) is 22.9 Å². The van der Waals surface area contributed by atoms with Crippen LogP contribution in [0.2, 0.25) is 5.02 Å². The first-order valence-electron chi connectivity index (χ1n) is 6.23. The molecule has 1 N–H and O–H groups in total. The largest absolute Gasteiger partial charge is 0.314 e. The molecule has 0 aliphatic heterocycles. The summed E-state index contributed by atoms with van der Waals surface area (Å²) in [7, 11) is 0. The van der Waals surface area contributed by atoms with E-state index in [2.05, 4.69) is 38.1 Å². The molecular weight excluding hydrogens is 393 g/mol. The lowest BCUT2D eigenvalue weighted by molar-refractivity contribution is 0.677. The van der Waals surface area contributed by atoms with E-state index in [0.717, 1.165) is 43.2 Å². The number of aromatic nitrogens is 2. The second kappa shape index (κ2) is 6.03. The van der Waals surface area contributed by atoms with Crippen LogP contribution in [0.4, 0.5) is 0 Å². The Labute approximate surface area is 134 Å². The van der Waals surface area contributed by atoms with Crippen molar-refractivity contribution in [3.63, 3.8) is 0 Å². The second-order valence-electron chi connectivity index (χ2n) is 4.60. The standard InChI is InChI=1S/C13H13ClIN3S/c14-8-1-4-11(15)10(7-8)13-18-17-12(19-13)5-6-16-9-2-3-9/h1,4,7,9,16H,2-3,5-6H2. The highest BCUT2D eigenvalue weighted by Gasteiger charge is 2.20. The Hall–Kier alpha value is -0.240. The van der Waals surface area contributed by atoms with Crippen LogP contribution in [0.1, 0.15) is 17.8 Å². The van der Waals surface area contributed by atoms with Crippen LogP contribution < -0.4 is 5.32 Å². The highest BCUT2D eigenvalue weighted by Crippen LogP contribution is 2.30. The van der Waals surface area contributed by atoms with Gasteiger partial charge in [-0.25, -0.2) is 0 Å². The van der Waals surface area contributed by atoms with E-state index in [9.17, 15) is 0 Å². The van der Waals surface area contributed by atoms with E-state index in [1.54, 1.807) is 11.3 Å². The van der Waals surface area contributed by atoms with Crippen LogP contribution in [0.15, 0.2) is 18.2 Å². The van der Waals surface area contributed by atoms with Gasteiger partial charge in [0.2, 0.25) is 0 Å². The molecule has 0 radical (unpaired) electrons. The Morgan fingerprint density at radius 1 is 1.37 bits per heavy atom. The zero-order valence-electron chi connectivity index (χ0n) is 10.2. The molecule has 1 fully saturated rings. The summed E-state index contributed by atoms with van der Waals surface area (Å²) in [6.07, 6.45) is 3.59. The molecule has 1 aliphatic carbocycles. The second-order valence-corrected chi connectivity index (χ2v) is 7.26. The Kier molecular flexibility index (Phi) is 4.36. The maximum atomic E-state index is 6.04. The topological polar surface area (TPSA) is 37.8 Å². The van der Waals surface area contributed by atoms with Crippen LogP contribution in [0.3, 0.4) is 0 Å². The van der Waals surface area contributed by atoms with Gasteiger partial charge in [0.1, 0.15) is 10.0 Å². The molecule has 0 bridgehead atoms. The lowest BCUT2D eigenvalue weighted by Crippen LogP contribution is -2.19. The first-order valence-corrected chi connectivity index (χ1v) is 8.51. The number of hydrogen-bond acceptors (Lipinski definition) is 4. The molecule has 0 amide bonds. The average Bonchev–Trinajstić information content (AvgIpc) is 3.10. The zero-order valence-corrected chi connectivity index (χ0v) is 13.9. The Bertz CT molecular complexity index is 583. The van der Waals surface area contributed by atoms with E-state index < -0.39 is 0 Å². The van der Waals surface area contributed by atoms with Gasteiger partial charge < -0.3 is 5.32 Å². The molecule has 0 saturated heterocycles.